The lowest BCUT2D eigenvalue weighted by Gasteiger charge is -2.39. The molecule has 0 spiro atoms. The molecule has 0 saturated carbocycles. The Bertz CT molecular complexity index is 1530. The molecule has 216 valence electrons. The smallest absolute Gasteiger partial charge is 0.269 e. The highest BCUT2D eigenvalue weighted by molar-refractivity contribution is 6.74. The maximum Gasteiger partial charge on any atom is 0.269 e. The van der Waals surface area contributed by atoms with Crippen molar-refractivity contribution in [3.05, 3.63) is 116 Å². The third-order valence-electron chi connectivity index (χ3n) is 7.79. The Labute approximate surface area is 242 Å². The number of nitro benzene ring substituents is 1. The van der Waals surface area contributed by atoms with Gasteiger partial charge >= 0.3 is 0 Å². The average molecular weight is 574 g/mol. The van der Waals surface area contributed by atoms with Crippen LogP contribution in [0.4, 0.5) is 5.69 Å². The van der Waals surface area contributed by atoms with E-state index in [2.05, 4.69) is 44.2 Å². The van der Waals surface area contributed by atoms with Crippen LogP contribution in [0.5, 0.6) is 5.75 Å². The van der Waals surface area contributed by atoms with E-state index in [0.717, 1.165) is 28.5 Å². The van der Waals surface area contributed by atoms with Gasteiger partial charge in [-0.25, -0.2) is 0 Å². The number of aromatic amines is 1. The van der Waals surface area contributed by atoms with Crippen molar-refractivity contribution in [3.8, 4) is 5.75 Å². The van der Waals surface area contributed by atoms with Crippen molar-refractivity contribution >= 4 is 24.9 Å². The van der Waals surface area contributed by atoms with E-state index in [9.17, 15) is 14.9 Å². The normalized spacial score (nSPS) is 12.8. The Balaban J connectivity index is 1.59. The monoisotopic (exact) mass is 573 g/mol. The first-order valence-electron chi connectivity index (χ1n) is 13.9. The highest BCUT2D eigenvalue weighted by atomic mass is 28.4. The number of nitro groups is 1. The summed E-state index contributed by atoms with van der Waals surface area (Å²) >= 11 is 0. The van der Waals surface area contributed by atoms with Crippen molar-refractivity contribution in [3.63, 3.8) is 0 Å². The molecule has 0 amide bonds. The van der Waals surface area contributed by atoms with Gasteiger partial charge in [0.15, 0.2) is 8.32 Å². The fourth-order valence-corrected chi connectivity index (χ4v) is 5.66. The third-order valence-corrected chi connectivity index (χ3v) is 12.3. The standard InChI is InChI=1S/C32H39N3O5Si/c1-32(2,3)41(4,5)40-29(21-33-20-19-23-11-13-25(14-12-23)35(37)38)26-15-17-28(31-27(26)16-18-30(36)34-31)39-22-24-9-7-6-8-10-24/h6-18,29,33H,19-22H2,1-5H3,(H,34,36)/t29-/m0/s1. The third kappa shape index (κ3) is 7.69. The van der Waals surface area contributed by atoms with Crippen LogP contribution in [0.25, 0.3) is 10.9 Å². The van der Waals surface area contributed by atoms with Gasteiger partial charge in [-0.2, -0.15) is 0 Å². The number of hydrogen-bond acceptors (Lipinski definition) is 6. The number of H-pyrrole nitrogens is 1. The fraction of sp³-hybridized carbons (Fsp3) is 0.344. The molecule has 0 saturated heterocycles. The van der Waals surface area contributed by atoms with Gasteiger partial charge in [-0.05, 0) is 59.9 Å². The molecule has 2 N–H and O–H groups in total. The van der Waals surface area contributed by atoms with E-state index < -0.39 is 8.32 Å². The fourth-order valence-electron chi connectivity index (χ4n) is 4.38. The van der Waals surface area contributed by atoms with Gasteiger partial charge in [0.2, 0.25) is 5.56 Å². The number of fused-ring (bicyclic) bond motifs is 1. The molecule has 8 nitrogen and oxygen atoms in total. The number of ether oxygens (including phenoxy) is 1. The number of rotatable bonds is 12. The summed E-state index contributed by atoms with van der Waals surface area (Å²) in [5, 5.41) is 15.4. The summed E-state index contributed by atoms with van der Waals surface area (Å²) in [6, 6.07) is 23.9. The predicted octanol–water partition coefficient (Wildman–Crippen LogP) is 6.91. The van der Waals surface area contributed by atoms with E-state index in [0.29, 0.717) is 31.0 Å². The summed E-state index contributed by atoms with van der Waals surface area (Å²) in [6.07, 6.45) is 0.467. The maximum atomic E-state index is 12.4. The van der Waals surface area contributed by atoms with Crippen molar-refractivity contribution in [2.75, 3.05) is 13.1 Å². The summed E-state index contributed by atoms with van der Waals surface area (Å²) in [4.78, 5) is 25.9. The van der Waals surface area contributed by atoms with Gasteiger partial charge in [0.05, 0.1) is 16.5 Å². The SMILES string of the molecule is CC(C)(C)[Si](C)(C)O[C@@H](CNCCc1ccc([N+](=O)[O-])cc1)c1ccc(OCc2ccccc2)c2[nH]c(=O)ccc12. The summed E-state index contributed by atoms with van der Waals surface area (Å²) in [6.45, 7) is 12.8. The van der Waals surface area contributed by atoms with Gasteiger partial charge in [-0.3, -0.25) is 14.9 Å². The van der Waals surface area contributed by atoms with Gasteiger partial charge in [0.25, 0.3) is 5.69 Å². The van der Waals surface area contributed by atoms with Gasteiger partial charge in [-0.15, -0.1) is 0 Å². The minimum absolute atomic E-state index is 0.00680. The van der Waals surface area contributed by atoms with Gasteiger partial charge < -0.3 is 19.5 Å². The van der Waals surface area contributed by atoms with Crippen molar-refractivity contribution in [2.24, 2.45) is 0 Å². The lowest BCUT2D eigenvalue weighted by molar-refractivity contribution is -0.384. The molecule has 9 heteroatoms. The average Bonchev–Trinajstić information content (AvgIpc) is 2.93. The van der Waals surface area contributed by atoms with E-state index >= 15 is 0 Å². The van der Waals surface area contributed by atoms with Crippen LogP contribution < -0.4 is 15.6 Å². The van der Waals surface area contributed by atoms with E-state index in [1.54, 1.807) is 12.1 Å². The molecule has 0 fully saturated rings. The van der Waals surface area contributed by atoms with Crippen molar-refractivity contribution in [1.29, 1.82) is 0 Å². The summed E-state index contributed by atoms with van der Waals surface area (Å²) in [5.41, 5.74) is 3.59. The van der Waals surface area contributed by atoms with Crippen LogP contribution in [0.15, 0.2) is 83.7 Å². The molecule has 1 atom stereocenters. The van der Waals surface area contributed by atoms with Crippen LogP contribution in [0.1, 0.15) is 43.6 Å². The Morgan fingerprint density at radius 3 is 2.32 bits per heavy atom. The maximum absolute atomic E-state index is 12.4. The molecule has 4 aromatic rings. The summed E-state index contributed by atoms with van der Waals surface area (Å²) in [7, 11) is -2.17. The number of pyridine rings is 1. The Kier molecular flexibility index (Phi) is 9.42. The topological polar surface area (TPSA) is 106 Å². The number of non-ortho nitro benzene ring substituents is 1. The molecule has 0 aliphatic rings. The lowest BCUT2D eigenvalue weighted by atomic mass is 10.0. The molecule has 0 aliphatic carbocycles. The second kappa shape index (κ2) is 12.8. The van der Waals surface area contributed by atoms with Crippen LogP contribution in [-0.2, 0) is 17.5 Å². The molecule has 1 aromatic heterocycles. The molecule has 3 aromatic carbocycles. The van der Waals surface area contributed by atoms with E-state index in [-0.39, 0.29) is 27.3 Å². The first kappa shape index (κ1) is 30.2. The highest BCUT2D eigenvalue weighted by Gasteiger charge is 2.39. The molecule has 4 rings (SSSR count). The largest absolute Gasteiger partial charge is 0.487 e. The first-order chi connectivity index (χ1) is 19.4. The number of nitrogens with one attached hydrogen (secondary N) is 2. The van der Waals surface area contributed by atoms with Crippen LogP contribution in [-0.4, -0.2) is 31.3 Å². The zero-order valence-electron chi connectivity index (χ0n) is 24.4. The quantitative estimate of drug-likeness (QED) is 0.0825. The Morgan fingerprint density at radius 1 is 0.951 bits per heavy atom. The van der Waals surface area contributed by atoms with Crippen molar-refractivity contribution in [1.82, 2.24) is 10.3 Å². The zero-order chi connectivity index (χ0) is 29.6. The van der Waals surface area contributed by atoms with Gasteiger partial charge in [0, 0.05) is 30.1 Å². The van der Waals surface area contributed by atoms with Crippen LogP contribution >= 0.6 is 0 Å². The number of benzene rings is 3. The molecular formula is C32H39N3O5Si. The Hall–Kier alpha value is -3.79. The van der Waals surface area contributed by atoms with Crippen LogP contribution in [0.3, 0.4) is 0 Å². The van der Waals surface area contributed by atoms with Crippen molar-refractivity contribution < 1.29 is 14.1 Å². The van der Waals surface area contributed by atoms with E-state index in [1.165, 1.54) is 18.2 Å². The second-order valence-electron chi connectivity index (χ2n) is 11.8. The van der Waals surface area contributed by atoms with Crippen LogP contribution in [0, 0.1) is 10.1 Å². The first-order valence-corrected chi connectivity index (χ1v) is 16.8. The van der Waals surface area contributed by atoms with Gasteiger partial charge in [0.1, 0.15) is 12.4 Å². The molecule has 1 heterocycles. The number of aromatic nitrogens is 1. The lowest BCUT2D eigenvalue weighted by Crippen LogP contribution is -2.43. The molecule has 0 bridgehead atoms. The van der Waals surface area contributed by atoms with Crippen molar-refractivity contribution in [2.45, 2.75) is 58.0 Å². The molecule has 0 radical (unpaired) electrons. The molecule has 0 unspecified atom stereocenters. The zero-order valence-corrected chi connectivity index (χ0v) is 25.4. The minimum Gasteiger partial charge on any atom is -0.487 e. The number of hydrogen-bond donors (Lipinski definition) is 2. The van der Waals surface area contributed by atoms with Crippen LogP contribution in [0.2, 0.25) is 18.1 Å². The van der Waals surface area contributed by atoms with E-state index in [4.69, 9.17) is 9.16 Å². The molecule has 0 aliphatic heterocycles. The minimum atomic E-state index is -2.17. The highest BCUT2D eigenvalue weighted by Crippen LogP contribution is 2.41. The van der Waals surface area contributed by atoms with E-state index in [1.807, 2.05) is 48.5 Å². The second-order valence-corrected chi connectivity index (χ2v) is 16.5. The molecular weight excluding hydrogens is 534 g/mol. The molecule has 41 heavy (non-hydrogen) atoms. The number of nitrogens with zero attached hydrogens (tertiary/aromatic N) is 1. The Morgan fingerprint density at radius 2 is 1.66 bits per heavy atom. The van der Waals surface area contributed by atoms with Gasteiger partial charge in [-0.1, -0.05) is 69.3 Å². The summed E-state index contributed by atoms with van der Waals surface area (Å²) < 4.78 is 13.1. The predicted molar refractivity (Wildman–Crippen MR) is 166 cm³/mol. The summed E-state index contributed by atoms with van der Waals surface area (Å²) in [5.74, 6) is 0.613.